The van der Waals surface area contributed by atoms with E-state index in [0.29, 0.717) is 19.5 Å². The molecule has 1 atom stereocenters. The molecule has 1 aliphatic carbocycles. The van der Waals surface area contributed by atoms with E-state index in [1.54, 1.807) is 11.2 Å². The number of nitrogens with zero attached hydrogens (tertiary/aromatic N) is 2. The van der Waals surface area contributed by atoms with E-state index >= 15 is 0 Å². The Hall–Kier alpha value is -1.82. The number of ether oxygens (including phenoxy) is 1. The highest BCUT2D eigenvalue weighted by Gasteiger charge is 2.35. The molecule has 2 amide bonds. The largest absolute Gasteiger partial charge is 0.467 e. The van der Waals surface area contributed by atoms with Gasteiger partial charge in [-0.3, -0.25) is 9.59 Å². The predicted molar refractivity (Wildman–Crippen MR) is 111 cm³/mol. The van der Waals surface area contributed by atoms with Crippen molar-refractivity contribution < 1.29 is 18.7 Å². The first-order valence-corrected chi connectivity index (χ1v) is 11.4. The molecule has 0 radical (unpaired) electrons. The van der Waals surface area contributed by atoms with Gasteiger partial charge in [-0.05, 0) is 44.2 Å². The Kier molecular flexibility index (Phi) is 8.59. The minimum Gasteiger partial charge on any atom is -0.467 e. The number of rotatable bonds is 13. The molecular weight excluding hydrogens is 368 g/mol. The molecule has 1 aromatic rings. The number of hydrogen-bond donors (Lipinski definition) is 0. The van der Waals surface area contributed by atoms with Gasteiger partial charge >= 0.3 is 0 Å². The molecule has 1 saturated heterocycles. The maximum absolute atomic E-state index is 13.2. The summed E-state index contributed by atoms with van der Waals surface area (Å²) < 4.78 is 11.2. The van der Waals surface area contributed by atoms with E-state index in [-0.39, 0.29) is 30.5 Å². The summed E-state index contributed by atoms with van der Waals surface area (Å²) in [5.74, 6) is 0.882. The van der Waals surface area contributed by atoms with Crippen molar-refractivity contribution in [1.29, 1.82) is 0 Å². The van der Waals surface area contributed by atoms with Gasteiger partial charge in [-0.1, -0.05) is 32.6 Å². The SMILES string of the molecule is CCCCCCCC(=O)N(CC(=O)N(Cc1ccco1)CC1CCCO1)C1CC1. The van der Waals surface area contributed by atoms with Crippen LogP contribution < -0.4 is 0 Å². The van der Waals surface area contributed by atoms with Gasteiger partial charge in [0.1, 0.15) is 12.3 Å². The smallest absolute Gasteiger partial charge is 0.242 e. The highest BCUT2D eigenvalue weighted by Crippen LogP contribution is 2.28. The van der Waals surface area contributed by atoms with E-state index in [0.717, 1.165) is 50.9 Å². The highest BCUT2D eigenvalue weighted by atomic mass is 16.5. The van der Waals surface area contributed by atoms with Gasteiger partial charge in [0, 0.05) is 25.6 Å². The first-order valence-electron chi connectivity index (χ1n) is 11.4. The topological polar surface area (TPSA) is 63.0 Å². The molecule has 2 heterocycles. The minimum absolute atomic E-state index is 0.0110. The van der Waals surface area contributed by atoms with E-state index in [2.05, 4.69) is 6.92 Å². The summed E-state index contributed by atoms with van der Waals surface area (Å²) in [6, 6.07) is 3.97. The lowest BCUT2D eigenvalue weighted by Gasteiger charge is -2.29. The molecule has 1 aromatic heterocycles. The van der Waals surface area contributed by atoms with Crippen LogP contribution >= 0.6 is 0 Å². The summed E-state index contributed by atoms with van der Waals surface area (Å²) in [7, 11) is 0. The zero-order valence-corrected chi connectivity index (χ0v) is 17.8. The van der Waals surface area contributed by atoms with E-state index in [9.17, 15) is 9.59 Å². The molecule has 2 aliphatic rings. The van der Waals surface area contributed by atoms with E-state index in [1.165, 1.54) is 19.3 Å². The fraction of sp³-hybridized carbons (Fsp3) is 0.739. The van der Waals surface area contributed by atoms with Crippen molar-refractivity contribution in [2.24, 2.45) is 0 Å². The Balaban J connectivity index is 1.55. The van der Waals surface area contributed by atoms with Crippen LogP contribution in [0.3, 0.4) is 0 Å². The van der Waals surface area contributed by atoms with Crippen LogP contribution in [0, 0.1) is 0 Å². The van der Waals surface area contributed by atoms with Crippen LogP contribution in [0.25, 0.3) is 0 Å². The van der Waals surface area contributed by atoms with Gasteiger partial charge in [0.15, 0.2) is 0 Å². The fourth-order valence-electron chi connectivity index (χ4n) is 3.96. The number of carbonyl (C=O) groups excluding carboxylic acids is 2. The van der Waals surface area contributed by atoms with Crippen LogP contribution in [0.15, 0.2) is 22.8 Å². The molecule has 6 nitrogen and oxygen atoms in total. The second-order valence-corrected chi connectivity index (χ2v) is 8.41. The van der Waals surface area contributed by atoms with Crippen molar-refractivity contribution in [3.63, 3.8) is 0 Å². The monoisotopic (exact) mass is 404 g/mol. The van der Waals surface area contributed by atoms with Crippen molar-refractivity contribution in [3.05, 3.63) is 24.2 Å². The minimum atomic E-state index is -0.0110. The van der Waals surface area contributed by atoms with Gasteiger partial charge in [0.2, 0.25) is 11.8 Å². The summed E-state index contributed by atoms with van der Waals surface area (Å²) in [6.45, 7) is 4.11. The molecule has 29 heavy (non-hydrogen) atoms. The molecule has 1 saturated carbocycles. The third-order valence-electron chi connectivity index (χ3n) is 5.84. The normalized spacial score (nSPS) is 18.7. The molecule has 2 fully saturated rings. The summed E-state index contributed by atoms with van der Waals surface area (Å²) >= 11 is 0. The van der Waals surface area contributed by atoms with E-state index < -0.39 is 0 Å². The standard InChI is InChI=1S/C23H36N2O4/c1-2-3-4-5-6-11-22(26)25(19-12-13-19)18-23(27)24(16-20-9-7-14-28-20)17-21-10-8-15-29-21/h7,9,14,19,21H,2-6,8,10-13,15-18H2,1H3. The zero-order valence-electron chi connectivity index (χ0n) is 17.8. The van der Waals surface area contributed by atoms with Crippen molar-refractivity contribution in [3.8, 4) is 0 Å². The second-order valence-electron chi connectivity index (χ2n) is 8.41. The first-order chi connectivity index (χ1) is 14.2. The third kappa shape index (κ3) is 7.18. The average Bonchev–Trinajstić information content (AvgIpc) is 3.17. The first kappa shape index (κ1) is 21.9. The Morgan fingerprint density at radius 3 is 2.59 bits per heavy atom. The van der Waals surface area contributed by atoms with Crippen LogP contribution in [-0.4, -0.2) is 53.5 Å². The van der Waals surface area contributed by atoms with Gasteiger partial charge in [-0.15, -0.1) is 0 Å². The lowest BCUT2D eigenvalue weighted by molar-refractivity contribution is -0.142. The molecule has 0 bridgehead atoms. The summed E-state index contributed by atoms with van der Waals surface area (Å²) in [5, 5.41) is 0. The molecule has 0 spiro atoms. The predicted octanol–water partition coefficient (Wildman–Crippen LogP) is 4.14. The molecule has 1 aliphatic heterocycles. The number of unbranched alkanes of at least 4 members (excludes halogenated alkanes) is 4. The van der Waals surface area contributed by atoms with Crippen molar-refractivity contribution in [2.45, 2.75) is 89.8 Å². The number of amides is 2. The number of furan rings is 1. The molecule has 0 aromatic carbocycles. The van der Waals surface area contributed by atoms with Gasteiger partial charge in [-0.2, -0.15) is 0 Å². The zero-order chi connectivity index (χ0) is 20.5. The van der Waals surface area contributed by atoms with Gasteiger partial charge in [0.25, 0.3) is 0 Å². The Bertz CT molecular complexity index is 621. The average molecular weight is 405 g/mol. The molecule has 6 heteroatoms. The Morgan fingerprint density at radius 1 is 1.10 bits per heavy atom. The molecule has 162 valence electrons. The maximum Gasteiger partial charge on any atom is 0.242 e. The van der Waals surface area contributed by atoms with Crippen LogP contribution in [0.2, 0.25) is 0 Å². The molecule has 0 N–H and O–H groups in total. The highest BCUT2D eigenvalue weighted by molar-refractivity contribution is 5.85. The summed E-state index contributed by atoms with van der Waals surface area (Å²) in [6.07, 6.45) is 11.9. The molecule has 3 rings (SSSR count). The van der Waals surface area contributed by atoms with Crippen molar-refractivity contribution in [1.82, 2.24) is 9.80 Å². The number of hydrogen-bond acceptors (Lipinski definition) is 4. The van der Waals surface area contributed by atoms with E-state index in [1.807, 2.05) is 17.0 Å². The summed E-state index contributed by atoms with van der Waals surface area (Å²) in [5.41, 5.74) is 0. The van der Waals surface area contributed by atoms with Crippen LogP contribution in [0.4, 0.5) is 0 Å². The maximum atomic E-state index is 13.2. The van der Waals surface area contributed by atoms with Crippen molar-refractivity contribution in [2.75, 3.05) is 19.7 Å². The van der Waals surface area contributed by atoms with E-state index in [4.69, 9.17) is 9.15 Å². The van der Waals surface area contributed by atoms with Crippen LogP contribution in [0.5, 0.6) is 0 Å². The molecule has 1 unspecified atom stereocenters. The van der Waals surface area contributed by atoms with Gasteiger partial charge in [-0.25, -0.2) is 0 Å². The van der Waals surface area contributed by atoms with Crippen molar-refractivity contribution >= 4 is 11.8 Å². The van der Waals surface area contributed by atoms with Gasteiger partial charge < -0.3 is 19.0 Å². The lowest BCUT2D eigenvalue weighted by atomic mass is 10.1. The fourth-order valence-corrected chi connectivity index (χ4v) is 3.96. The second kappa shape index (κ2) is 11.4. The Morgan fingerprint density at radius 2 is 1.93 bits per heavy atom. The number of carbonyl (C=O) groups is 2. The van der Waals surface area contributed by atoms with Gasteiger partial charge in [0.05, 0.1) is 18.9 Å². The van der Waals surface area contributed by atoms with Crippen LogP contribution in [0.1, 0.15) is 76.9 Å². The van der Waals surface area contributed by atoms with Crippen LogP contribution in [-0.2, 0) is 20.9 Å². The lowest BCUT2D eigenvalue weighted by Crippen LogP contribution is -2.45. The Labute approximate surface area is 174 Å². The third-order valence-corrected chi connectivity index (χ3v) is 5.84. The quantitative estimate of drug-likeness (QED) is 0.464. The molecular formula is C23H36N2O4. The summed E-state index contributed by atoms with van der Waals surface area (Å²) in [4.78, 5) is 29.6.